The van der Waals surface area contributed by atoms with Crippen LogP contribution in [0, 0.1) is 23.2 Å². The van der Waals surface area contributed by atoms with Gasteiger partial charge in [-0.25, -0.2) is 0 Å². The van der Waals surface area contributed by atoms with Gasteiger partial charge in [0.1, 0.15) is 0 Å². The Labute approximate surface area is 164 Å². The number of rotatable bonds is 4. The molecule has 1 unspecified atom stereocenters. The van der Waals surface area contributed by atoms with Gasteiger partial charge in [0.2, 0.25) is 0 Å². The van der Waals surface area contributed by atoms with E-state index >= 15 is 0 Å². The number of alkyl halides is 3. The van der Waals surface area contributed by atoms with E-state index in [0.29, 0.717) is 16.2 Å². The van der Waals surface area contributed by atoms with E-state index in [1.54, 1.807) is 6.07 Å². The van der Waals surface area contributed by atoms with Crippen molar-refractivity contribution in [1.29, 1.82) is 0 Å². The quantitative estimate of drug-likeness (QED) is 0.612. The Balaban J connectivity index is 1.44. The molecule has 4 bridgehead atoms. The molecule has 6 heteroatoms. The number of thiocarbonyl (C=S) groups is 1. The number of hydrogen-bond acceptors (Lipinski definition) is 1. The van der Waals surface area contributed by atoms with E-state index in [2.05, 4.69) is 17.6 Å². The fourth-order valence-electron chi connectivity index (χ4n) is 6.39. The van der Waals surface area contributed by atoms with E-state index < -0.39 is 11.7 Å². The minimum absolute atomic E-state index is 0.289. The second kappa shape index (κ2) is 6.94. The van der Waals surface area contributed by atoms with Crippen LogP contribution in [-0.4, -0.2) is 11.2 Å². The molecule has 0 heterocycles. The van der Waals surface area contributed by atoms with Gasteiger partial charge < -0.3 is 10.6 Å². The third-order valence-electron chi connectivity index (χ3n) is 6.99. The van der Waals surface area contributed by atoms with E-state index in [0.717, 1.165) is 36.3 Å². The average Bonchev–Trinajstić information content (AvgIpc) is 2.58. The van der Waals surface area contributed by atoms with Gasteiger partial charge in [-0.2, -0.15) is 13.2 Å². The minimum atomic E-state index is -4.35. The molecule has 0 spiro atoms. The maximum absolute atomic E-state index is 12.9. The van der Waals surface area contributed by atoms with Crippen molar-refractivity contribution >= 4 is 23.0 Å². The predicted octanol–water partition coefficient (Wildman–Crippen LogP) is 5.99. The monoisotopic (exact) mass is 396 g/mol. The highest BCUT2D eigenvalue weighted by Gasteiger charge is 2.53. The summed E-state index contributed by atoms with van der Waals surface area (Å²) in [6.45, 7) is 2.18. The zero-order valence-corrected chi connectivity index (χ0v) is 16.4. The van der Waals surface area contributed by atoms with E-state index in [1.807, 2.05) is 0 Å². The van der Waals surface area contributed by atoms with Crippen LogP contribution < -0.4 is 10.6 Å². The maximum atomic E-state index is 12.9. The van der Waals surface area contributed by atoms with Crippen LogP contribution in [0.2, 0.25) is 0 Å². The van der Waals surface area contributed by atoms with Gasteiger partial charge in [0.25, 0.3) is 0 Å². The predicted molar refractivity (Wildman–Crippen MR) is 105 cm³/mol. The maximum Gasteiger partial charge on any atom is 0.416 e. The second-order valence-electron chi connectivity index (χ2n) is 8.92. The lowest BCUT2D eigenvalue weighted by Gasteiger charge is -2.59. The van der Waals surface area contributed by atoms with Crippen LogP contribution in [0.4, 0.5) is 18.9 Å². The van der Waals surface area contributed by atoms with Crippen molar-refractivity contribution in [3.63, 3.8) is 0 Å². The Morgan fingerprint density at radius 2 is 1.74 bits per heavy atom. The summed E-state index contributed by atoms with van der Waals surface area (Å²) in [6.07, 6.45) is 4.63. The molecule has 0 amide bonds. The smallest absolute Gasteiger partial charge is 0.359 e. The Hall–Kier alpha value is -1.30. The molecular weight excluding hydrogens is 369 g/mol. The zero-order valence-electron chi connectivity index (χ0n) is 15.6. The van der Waals surface area contributed by atoms with Gasteiger partial charge in [0.05, 0.1) is 5.56 Å². The Morgan fingerprint density at radius 3 is 2.26 bits per heavy atom. The molecule has 5 rings (SSSR count). The molecule has 0 aliphatic heterocycles. The third kappa shape index (κ3) is 3.82. The molecule has 0 radical (unpaired) electrons. The normalized spacial score (nSPS) is 33.0. The van der Waals surface area contributed by atoms with Gasteiger partial charge in [-0.05, 0) is 98.5 Å². The number of hydrogen-bond donors (Lipinski definition) is 2. The highest BCUT2D eigenvalue weighted by Crippen LogP contribution is 2.61. The summed E-state index contributed by atoms with van der Waals surface area (Å²) in [6, 6.07) is 5.50. The lowest BCUT2D eigenvalue weighted by Crippen LogP contribution is -2.57. The molecule has 4 saturated carbocycles. The molecule has 27 heavy (non-hydrogen) atoms. The van der Waals surface area contributed by atoms with Crippen LogP contribution in [0.15, 0.2) is 24.3 Å². The van der Waals surface area contributed by atoms with Crippen LogP contribution in [0.5, 0.6) is 0 Å². The van der Waals surface area contributed by atoms with Gasteiger partial charge in [0.15, 0.2) is 5.11 Å². The standard InChI is InChI=1S/C21H27F3N2S/c1-2-18(20-10-13-6-14(11-20)8-15(7-13)12-20)26-19(27)25-17-5-3-4-16(9-17)21(22,23)24/h3-5,9,13-15,18H,2,6-8,10-12H2,1H3,(H2,25,26,27). The first-order valence-corrected chi connectivity index (χ1v) is 10.4. The zero-order chi connectivity index (χ0) is 19.2. The minimum Gasteiger partial charge on any atom is -0.359 e. The van der Waals surface area contributed by atoms with Gasteiger partial charge in [0, 0.05) is 11.7 Å². The number of halogens is 3. The molecule has 4 aliphatic rings. The van der Waals surface area contributed by atoms with Crippen LogP contribution in [0.3, 0.4) is 0 Å². The Kier molecular flexibility index (Phi) is 4.90. The fourth-order valence-corrected chi connectivity index (χ4v) is 6.65. The SMILES string of the molecule is CCC(NC(=S)Nc1cccc(C(F)(F)F)c1)C12CC3CC(CC(C3)C1)C2. The van der Waals surface area contributed by atoms with E-state index in [1.165, 1.54) is 44.6 Å². The molecule has 4 fully saturated rings. The number of nitrogens with one attached hydrogen (secondary N) is 2. The largest absolute Gasteiger partial charge is 0.416 e. The highest BCUT2D eigenvalue weighted by atomic mass is 32.1. The number of benzene rings is 1. The summed E-state index contributed by atoms with van der Waals surface area (Å²) in [7, 11) is 0. The second-order valence-corrected chi connectivity index (χ2v) is 9.33. The lowest BCUT2D eigenvalue weighted by atomic mass is 9.47. The summed E-state index contributed by atoms with van der Waals surface area (Å²) < 4.78 is 38.8. The fraction of sp³-hybridized carbons (Fsp3) is 0.667. The molecule has 1 aromatic rings. The Bertz CT molecular complexity index is 680. The van der Waals surface area contributed by atoms with Gasteiger partial charge >= 0.3 is 6.18 Å². The summed E-state index contributed by atoms with van der Waals surface area (Å²) >= 11 is 5.47. The van der Waals surface area contributed by atoms with E-state index in [4.69, 9.17) is 12.2 Å². The summed E-state index contributed by atoms with van der Waals surface area (Å²) in [5.74, 6) is 2.58. The van der Waals surface area contributed by atoms with Crippen molar-refractivity contribution < 1.29 is 13.2 Å². The first kappa shape index (κ1) is 19.0. The van der Waals surface area contributed by atoms with Gasteiger partial charge in [-0.3, -0.25) is 0 Å². The molecule has 0 aromatic heterocycles. The third-order valence-corrected chi connectivity index (χ3v) is 7.21. The van der Waals surface area contributed by atoms with Crippen molar-refractivity contribution in [3.8, 4) is 0 Å². The average molecular weight is 397 g/mol. The van der Waals surface area contributed by atoms with Gasteiger partial charge in [-0.15, -0.1) is 0 Å². The number of anilines is 1. The highest BCUT2D eigenvalue weighted by molar-refractivity contribution is 7.80. The molecular formula is C21H27F3N2S. The topological polar surface area (TPSA) is 24.1 Å². The van der Waals surface area contributed by atoms with Crippen molar-refractivity contribution in [3.05, 3.63) is 29.8 Å². The van der Waals surface area contributed by atoms with Crippen molar-refractivity contribution in [2.75, 3.05) is 5.32 Å². The molecule has 0 saturated heterocycles. The molecule has 2 nitrogen and oxygen atoms in total. The molecule has 148 valence electrons. The summed E-state index contributed by atoms with van der Waals surface area (Å²) in [4.78, 5) is 0. The first-order valence-electron chi connectivity index (χ1n) is 10.0. The lowest BCUT2D eigenvalue weighted by molar-refractivity contribution is -0.137. The summed E-state index contributed by atoms with van der Waals surface area (Å²) in [5.41, 5.74) is 0.0226. The summed E-state index contributed by atoms with van der Waals surface area (Å²) in [5, 5.41) is 6.87. The Morgan fingerprint density at radius 1 is 1.15 bits per heavy atom. The van der Waals surface area contributed by atoms with E-state index in [9.17, 15) is 13.2 Å². The molecule has 1 aromatic carbocycles. The van der Waals surface area contributed by atoms with Crippen LogP contribution in [-0.2, 0) is 6.18 Å². The van der Waals surface area contributed by atoms with Gasteiger partial charge in [-0.1, -0.05) is 13.0 Å². The van der Waals surface area contributed by atoms with Crippen molar-refractivity contribution in [1.82, 2.24) is 5.32 Å². The van der Waals surface area contributed by atoms with E-state index in [-0.39, 0.29) is 6.04 Å². The molecule has 2 N–H and O–H groups in total. The van der Waals surface area contributed by atoms with Crippen LogP contribution in [0.1, 0.15) is 57.4 Å². The molecule has 1 atom stereocenters. The molecule has 4 aliphatic carbocycles. The van der Waals surface area contributed by atoms with Crippen molar-refractivity contribution in [2.45, 2.75) is 64.1 Å². The first-order chi connectivity index (χ1) is 12.8. The van der Waals surface area contributed by atoms with Crippen LogP contribution >= 0.6 is 12.2 Å². The van der Waals surface area contributed by atoms with Crippen LogP contribution in [0.25, 0.3) is 0 Å². The van der Waals surface area contributed by atoms with Crippen molar-refractivity contribution in [2.24, 2.45) is 23.2 Å².